The first-order chi connectivity index (χ1) is 14.4. The van der Waals surface area contributed by atoms with E-state index in [0.717, 1.165) is 30.6 Å². The van der Waals surface area contributed by atoms with E-state index in [-0.39, 0.29) is 19.0 Å². The molecule has 1 spiro atoms. The minimum absolute atomic E-state index is 0.150. The molecule has 1 aromatic rings. The maximum Gasteiger partial charge on any atom is 0.325 e. The lowest BCUT2D eigenvalue weighted by Crippen LogP contribution is -2.47. The number of rotatable bonds is 7. The molecule has 9 heteroatoms. The average Bonchev–Trinajstić information content (AvgIpc) is 2.91. The zero-order valence-corrected chi connectivity index (χ0v) is 17.7. The van der Waals surface area contributed by atoms with Crippen molar-refractivity contribution in [2.24, 2.45) is 0 Å². The van der Waals surface area contributed by atoms with Gasteiger partial charge in [0.15, 0.2) is 11.5 Å². The Morgan fingerprint density at radius 3 is 2.20 bits per heavy atom. The zero-order valence-electron chi connectivity index (χ0n) is 17.7. The Kier molecular flexibility index (Phi) is 6.69. The van der Waals surface area contributed by atoms with Crippen molar-refractivity contribution in [3.05, 3.63) is 17.7 Å². The first-order valence-electron chi connectivity index (χ1n) is 10.1. The number of carbonyl (C=O) groups excluding carboxylic acids is 3. The summed E-state index contributed by atoms with van der Waals surface area (Å²) in [6, 6.07) is 2.89. The smallest absolute Gasteiger partial charge is 0.325 e. The van der Waals surface area contributed by atoms with Crippen LogP contribution in [-0.4, -0.2) is 56.2 Å². The number of methoxy groups -OCH3 is 3. The maximum absolute atomic E-state index is 12.9. The van der Waals surface area contributed by atoms with Crippen LogP contribution in [0, 0.1) is 0 Å². The Morgan fingerprint density at radius 1 is 1.00 bits per heavy atom. The van der Waals surface area contributed by atoms with Gasteiger partial charge in [0.25, 0.3) is 5.91 Å². The predicted molar refractivity (Wildman–Crippen MR) is 109 cm³/mol. The molecule has 30 heavy (non-hydrogen) atoms. The molecule has 2 aliphatic rings. The molecule has 164 valence electrons. The maximum atomic E-state index is 12.9. The summed E-state index contributed by atoms with van der Waals surface area (Å²) in [5, 5.41) is 5.59. The number of benzene rings is 1. The van der Waals surface area contributed by atoms with Gasteiger partial charge in [0.1, 0.15) is 17.8 Å². The lowest BCUT2D eigenvalue weighted by Gasteiger charge is -2.24. The van der Waals surface area contributed by atoms with E-state index in [9.17, 15) is 14.4 Å². The summed E-state index contributed by atoms with van der Waals surface area (Å²) in [6.45, 7) is -0.167. The number of hydrogen-bond acceptors (Lipinski definition) is 6. The largest absolute Gasteiger partial charge is 0.496 e. The van der Waals surface area contributed by atoms with E-state index in [1.54, 1.807) is 12.1 Å². The minimum atomic E-state index is -0.847. The number of carbonyl (C=O) groups is 3. The van der Waals surface area contributed by atoms with Crippen LogP contribution in [0.25, 0.3) is 0 Å². The van der Waals surface area contributed by atoms with Crippen LogP contribution in [-0.2, 0) is 16.1 Å². The molecule has 4 amide bonds. The number of nitrogens with one attached hydrogen (secondary N) is 2. The van der Waals surface area contributed by atoms with Crippen molar-refractivity contribution in [2.75, 3.05) is 27.9 Å². The third kappa shape index (κ3) is 4.29. The standard InChI is InChI=1S/C21H29N3O6/c1-28-15-11-17(30-3)16(29-2)10-14(15)12-22-18(25)13-24-19(26)21(23-20(24)27)8-6-4-5-7-9-21/h10-11H,4-9,12-13H2,1-3H3,(H,22,25)(H,23,27). The van der Waals surface area contributed by atoms with Crippen molar-refractivity contribution in [2.45, 2.75) is 50.6 Å². The van der Waals surface area contributed by atoms with Crippen molar-refractivity contribution in [3.63, 3.8) is 0 Å². The van der Waals surface area contributed by atoms with Crippen LogP contribution in [0.15, 0.2) is 12.1 Å². The van der Waals surface area contributed by atoms with Gasteiger partial charge in [-0.15, -0.1) is 0 Å². The number of amides is 4. The molecule has 9 nitrogen and oxygen atoms in total. The van der Waals surface area contributed by atoms with Crippen LogP contribution in [0.1, 0.15) is 44.1 Å². The molecule has 1 aliphatic heterocycles. The number of imide groups is 1. The lowest BCUT2D eigenvalue weighted by molar-refractivity contribution is -0.135. The Labute approximate surface area is 176 Å². The van der Waals surface area contributed by atoms with Crippen LogP contribution in [0.2, 0.25) is 0 Å². The van der Waals surface area contributed by atoms with E-state index >= 15 is 0 Å². The fourth-order valence-electron chi connectivity index (χ4n) is 4.11. The molecule has 1 saturated carbocycles. The van der Waals surface area contributed by atoms with Gasteiger partial charge in [-0.25, -0.2) is 4.79 Å². The van der Waals surface area contributed by atoms with Crippen molar-refractivity contribution in [1.29, 1.82) is 0 Å². The molecule has 0 aromatic heterocycles. The minimum Gasteiger partial charge on any atom is -0.496 e. The van der Waals surface area contributed by atoms with Gasteiger partial charge in [0.05, 0.1) is 21.3 Å². The highest BCUT2D eigenvalue weighted by atomic mass is 16.5. The third-order valence-electron chi connectivity index (χ3n) is 5.77. The summed E-state index contributed by atoms with van der Waals surface area (Å²) >= 11 is 0. The number of nitrogens with zero attached hydrogens (tertiary/aromatic N) is 1. The summed E-state index contributed by atoms with van der Waals surface area (Å²) in [5.74, 6) is 0.819. The van der Waals surface area contributed by atoms with Gasteiger partial charge < -0.3 is 24.8 Å². The summed E-state index contributed by atoms with van der Waals surface area (Å²) in [6.07, 6.45) is 5.14. The third-order valence-corrected chi connectivity index (χ3v) is 5.77. The van der Waals surface area contributed by atoms with Crippen LogP contribution in [0.4, 0.5) is 4.79 Å². The first kappa shape index (κ1) is 21.7. The van der Waals surface area contributed by atoms with Gasteiger partial charge in [-0.05, 0) is 18.9 Å². The van der Waals surface area contributed by atoms with Crippen LogP contribution in [0.3, 0.4) is 0 Å². The molecule has 0 atom stereocenters. The van der Waals surface area contributed by atoms with Gasteiger partial charge in [0.2, 0.25) is 5.91 Å². The zero-order chi connectivity index (χ0) is 21.7. The highest BCUT2D eigenvalue weighted by molar-refractivity contribution is 6.09. The van der Waals surface area contributed by atoms with Gasteiger partial charge in [0, 0.05) is 18.2 Å². The van der Waals surface area contributed by atoms with E-state index < -0.39 is 17.5 Å². The van der Waals surface area contributed by atoms with Crippen molar-refractivity contribution in [3.8, 4) is 17.2 Å². The van der Waals surface area contributed by atoms with E-state index in [2.05, 4.69) is 10.6 Å². The quantitative estimate of drug-likeness (QED) is 0.655. The molecule has 1 aliphatic carbocycles. The molecule has 1 aromatic carbocycles. The molecule has 1 saturated heterocycles. The predicted octanol–water partition coefficient (Wildman–Crippen LogP) is 1.97. The SMILES string of the molecule is COc1cc(OC)c(OC)cc1CNC(=O)CN1C(=O)NC2(CCCCCC2)C1=O. The van der Waals surface area contributed by atoms with Crippen LogP contribution < -0.4 is 24.8 Å². The van der Waals surface area contributed by atoms with Crippen LogP contribution >= 0.6 is 0 Å². The van der Waals surface area contributed by atoms with Gasteiger partial charge >= 0.3 is 6.03 Å². The highest BCUT2D eigenvalue weighted by Gasteiger charge is 2.51. The molecule has 1 heterocycles. The average molecular weight is 419 g/mol. The molecule has 3 rings (SSSR count). The molecular weight excluding hydrogens is 390 g/mol. The normalized spacial score (nSPS) is 18.0. The Balaban J connectivity index is 1.65. The second kappa shape index (κ2) is 9.23. The summed E-state index contributed by atoms with van der Waals surface area (Å²) in [4.78, 5) is 38.8. The van der Waals surface area contributed by atoms with E-state index in [0.29, 0.717) is 35.7 Å². The second-order valence-corrected chi connectivity index (χ2v) is 7.61. The summed E-state index contributed by atoms with van der Waals surface area (Å²) in [5.41, 5.74) is -0.165. The topological polar surface area (TPSA) is 106 Å². The first-order valence-corrected chi connectivity index (χ1v) is 10.1. The molecule has 2 fully saturated rings. The van der Waals surface area contributed by atoms with Gasteiger partial charge in [-0.2, -0.15) is 0 Å². The van der Waals surface area contributed by atoms with E-state index in [4.69, 9.17) is 14.2 Å². The van der Waals surface area contributed by atoms with E-state index in [1.165, 1.54) is 21.3 Å². The number of urea groups is 1. The number of hydrogen-bond donors (Lipinski definition) is 2. The highest BCUT2D eigenvalue weighted by Crippen LogP contribution is 2.35. The van der Waals surface area contributed by atoms with E-state index in [1.807, 2.05) is 0 Å². The fourth-order valence-corrected chi connectivity index (χ4v) is 4.11. The van der Waals surface area contributed by atoms with Crippen molar-refractivity contribution < 1.29 is 28.6 Å². The second-order valence-electron chi connectivity index (χ2n) is 7.61. The summed E-state index contributed by atoms with van der Waals surface area (Å²) < 4.78 is 15.9. The number of ether oxygens (including phenoxy) is 3. The molecular formula is C21H29N3O6. The fraction of sp³-hybridized carbons (Fsp3) is 0.571. The molecule has 0 radical (unpaired) electrons. The Bertz CT molecular complexity index is 817. The molecule has 0 unspecified atom stereocenters. The van der Waals surface area contributed by atoms with Gasteiger partial charge in [-0.1, -0.05) is 25.7 Å². The van der Waals surface area contributed by atoms with Crippen molar-refractivity contribution >= 4 is 17.8 Å². The Morgan fingerprint density at radius 2 is 1.60 bits per heavy atom. The summed E-state index contributed by atoms with van der Waals surface area (Å²) in [7, 11) is 4.57. The lowest BCUT2D eigenvalue weighted by atomic mass is 9.90. The van der Waals surface area contributed by atoms with Crippen LogP contribution in [0.5, 0.6) is 17.2 Å². The van der Waals surface area contributed by atoms with Crippen molar-refractivity contribution in [1.82, 2.24) is 15.5 Å². The Hall–Kier alpha value is -2.97. The molecule has 2 N–H and O–H groups in total. The molecule has 0 bridgehead atoms. The van der Waals surface area contributed by atoms with Gasteiger partial charge in [-0.3, -0.25) is 14.5 Å². The monoisotopic (exact) mass is 419 g/mol.